The number of ether oxygens (including phenoxy) is 3. The first kappa shape index (κ1) is 22.4. The normalized spacial score (nSPS) is 13.8. The summed E-state index contributed by atoms with van der Waals surface area (Å²) in [5.41, 5.74) is 6.21. The van der Waals surface area contributed by atoms with Crippen molar-refractivity contribution in [1.29, 1.82) is 0 Å². The number of fused-ring (bicyclic) bond motifs is 1. The molecular weight excluding hydrogens is 397 g/mol. The van der Waals surface area contributed by atoms with Crippen LogP contribution in [0.1, 0.15) is 0 Å². The summed E-state index contributed by atoms with van der Waals surface area (Å²) in [7, 11) is -2.94. The maximum atomic E-state index is 11.9. The zero-order valence-electron chi connectivity index (χ0n) is 15.4. The predicted molar refractivity (Wildman–Crippen MR) is 94.2 cm³/mol. The molecule has 0 bridgehead atoms. The molecule has 0 spiro atoms. The van der Waals surface area contributed by atoms with Crippen molar-refractivity contribution in [2.45, 2.75) is 6.54 Å². The van der Waals surface area contributed by atoms with Gasteiger partial charge in [0.05, 0.1) is 59.8 Å². The van der Waals surface area contributed by atoms with E-state index in [2.05, 4.69) is 14.5 Å². The summed E-state index contributed by atoms with van der Waals surface area (Å²) < 4.78 is 33.7. The van der Waals surface area contributed by atoms with Gasteiger partial charge in [-0.2, -0.15) is 0 Å². The first-order valence-corrected chi connectivity index (χ1v) is 9.93. The SMILES string of the molecule is Cn1c[n+](CCOCCOCCOCCOP(=O)([O-])O)c2nc(N)[nH]c(=O)c21. The van der Waals surface area contributed by atoms with Gasteiger partial charge >= 0.3 is 5.65 Å². The molecule has 4 N–H and O–H groups in total. The number of nitrogen functional groups attached to an aromatic ring is 1. The van der Waals surface area contributed by atoms with E-state index in [1.807, 2.05) is 0 Å². The molecule has 0 aliphatic carbocycles. The Balaban J connectivity index is 1.56. The molecule has 0 aromatic carbocycles. The van der Waals surface area contributed by atoms with Crippen LogP contribution >= 0.6 is 7.82 Å². The van der Waals surface area contributed by atoms with Gasteiger partial charge in [0.25, 0.3) is 19.3 Å². The lowest BCUT2D eigenvalue weighted by molar-refractivity contribution is -0.675. The highest BCUT2D eigenvalue weighted by atomic mass is 31.2. The number of hydrogen-bond acceptors (Lipinski definition) is 9. The topological polar surface area (TPSA) is 178 Å². The van der Waals surface area contributed by atoms with Crippen LogP contribution in [0.5, 0.6) is 0 Å². The maximum absolute atomic E-state index is 11.9. The van der Waals surface area contributed by atoms with Gasteiger partial charge < -0.3 is 34.3 Å². The fourth-order valence-electron chi connectivity index (χ4n) is 2.39. The van der Waals surface area contributed by atoms with E-state index in [1.165, 1.54) is 0 Å². The van der Waals surface area contributed by atoms with Crippen molar-refractivity contribution < 1.29 is 37.7 Å². The molecule has 28 heavy (non-hydrogen) atoms. The summed E-state index contributed by atoms with van der Waals surface area (Å²) >= 11 is 0. The fraction of sp³-hybridized carbons (Fsp3) is 0.643. The summed E-state index contributed by atoms with van der Waals surface area (Å²) in [6, 6.07) is 0. The Morgan fingerprint density at radius 2 is 1.79 bits per heavy atom. The highest BCUT2D eigenvalue weighted by Gasteiger charge is 2.19. The first-order chi connectivity index (χ1) is 13.3. The minimum atomic E-state index is -4.69. The van der Waals surface area contributed by atoms with E-state index in [1.54, 1.807) is 22.5 Å². The van der Waals surface area contributed by atoms with E-state index in [0.717, 1.165) is 0 Å². The molecule has 0 aliphatic heterocycles. The van der Waals surface area contributed by atoms with Gasteiger partial charge in [-0.3, -0.25) is 18.9 Å². The third-order valence-electron chi connectivity index (χ3n) is 3.53. The number of phosphoric ester groups is 1. The number of aryl methyl sites for hydroxylation is 1. The Kier molecular flexibility index (Phi) is 8.51. The first-order valence-electron chi connectivity index (χ1n) is 8.44. The number of H-pyrrole nitrogens is 1. The Hall–Kier alpha value is -1.86. The Morgan fingerprint density at radius 1 is 1.21 bits per heavy atom. The van der Waals surface area contributed by atoms with Gasteiger partial charge in [-0.05, 0) is 0 Å². The van der Waals surface area contributed by atoms with Crippen LogP contribution in [-0.2, 0) is 36.9 Å². The molecule has 2 aromatic rings. The van der Waals surface area contributed by atoms with E-state index in [4.69, 9.17) is 24.8 Å². The van der Waals surface area contributed by atoms with Crippen molar-refractivity contribution in [3.05, 3.63) is 16.7 Å². The van der Waals surface area contributed by atoms with Crippen molar-refractivity contribution >= 4 is 24.9 Å². The second-order valence-corrected chi connectivity index (χ2v) is 6.88. The van der Waals surface area contributed by atoms with Crippen molar-refractivity contribution in [3.8, 4) is 0 Å². The number of aromatic amines is 1. The van der Waals surface area contributed by atoms with Crippen LogP contribution in [0, 0.1) is 0 Å². The van der Waals surface area contributed by atoms with E-state index in [0.29, 0.717) is 44.1 Å². The number of anilines is 1. The third kappa shape index (κ3) is 7.28. The molecule has 2 heterocycles. The molecule has 14 heteroatoms. The minimum absolute atomic E-state index is 0.0241. The van der Waals surface area contributed by atoms with Crippen LogP contribution < -0.4 is 20.8 Å². The van der Waals surface area contributed by atoms with Crippen molar-refractivity contribution in [3.63, 3.8) is 0 Å². The second-order valence-electron chi connectivity index (χ2n) is 5.68. The molecular formula is C14H24N5O8P. The average Bonchev–Trinajstić information content (AvgIpc) is 2.90. The van der Waals surface area contributed by atoms with Gasteiger partial charge in [0, 0.05) is 0 Å². The molecule has 2 rings (SSSR count). The monoisotopic (exact) mass is 421 g/mol. The zero-order chi connectivity index (χ0) is 20.6. The van der Waals surface area contributed by atoms with E-state index in [-0.39, 0.29) is 31.3 Å². The van der Waals surface area contributed by atoms with Crippen LogP contribution in [0.4, 0.5) is 5.95 Å². The highest BCUT2D eigenvalue weighted by Crippen LogP contribution is 2.29. The van der Waals surface area contributed by atoms with Gasteiger partial charge in [-0.15, -0.1) is 0 Å². The van der Waals surface area contributed by atoms with E-state index >= 15 is 0 Å². The summed E-state index contributed by atoms with van der Waals surface area (Å²) in [6.07, 6.45) is 1.75. The standard InChI is InChI=1S/C14H24N5O8P/c1-18-10-19(12-11(18)13(20)17-14(15)16-12)2-3-24-4-5-25-6-7-26-8-9-27-28(21,22)23/h10H,2-9H2,1H3,(H4-,15,16,17,20,21,22,23). The lowest BCUT2D eigenvalue weighted by Gasteiger charge is -2.15. The van der Waals surface area contributed by atoms with Crippen molar-refractivity contribution in [1.82, 2.24) is 14.5 Å². The molecule has 0 saturated heterocycles. The number of aromatic nitrogens is 4. The quantitative estimate of drug-likeness (QED) is 0.180. The number of hydrogen-bond donors (Lipinski definition) is 3. The lowest BCUT2D eigenvalue weighted by Crippen LogP contribution is -2.36. The Morgan fingerprint density at radius 3 is 2.39 bits per heavy atom. The molecule has 13 nitrogen and oxygen atoms in total. The number of nitrogens with zero attached hydrogens (tertiary/aromatic N) is 3. The summed E-state index contributed by atoms with van der Waals surface area (Å²) in [4.78, 5) is 37.2. The summed E-state index contributed by atoms with van der Waals surface area (Å²) in [5, 5.41) is 0. The molecule has 1 unspecified atom stereocenters. The molecule has 0 amide bonds. The third-order valence-corrected chi connectivity index (χ3v) is 4.04. The smallest absolute Gasteiger partial charge is 0.311 e. The Labute approximate surface area is 160 Å². The van der Waals surface area contributed by atoms with Crippen molar-refractivity contribution in [2.75, 3.05) is 52.0 Å². The molecule has 0 radical (unpaired) electrons. The average molecular weight is 421 g/mol. The number of rotatable bonds is 13. The number of nitrogens with two attached hydrogens (primary N) is 1. The molecule has 1 atom stereocenters. The van der Waals surface area contributed by atoms with E-state index in [9.17, 15) is 14.3 Å². The molecule has 0 fully saturated rings. The van der Waals surface area contributed by atoms with Gasteiger partial charge in [0.2, 0.25) is 5.52 Å². The fourth-order valence-corrected chi connectivity index (χ4v) is 2.70. The second kappa shape index (κ2) is 10.6. The number of nitrogens with one attached hydrogen (secondary N) is 1. The molecule has 0 saturated carbocycles. The van der Waals surface area contributed by atoms with Crippen LogP contribution in [0.2, 0.25) is 0 Å². The van der Waals surface area contributed by atoms with Crippen LogP contribution in [-0.4, -0.2) is 65.7 Å². The van der Waals surface area contributed by atoms with Crippen LogP contribution in [0.3, 0.4) is 0 Å². The Bertz CT molecular complexity index is 863. The van der Waals surface area contributed by atoms with Crippen molar-refractivity contribution in [2.24, 2.45) is 7.05 Å². The summed E-state index contributed by atoms with van der Waals surface area (Å²) in [6.45, 7) is 1.95. The van der Waals surface area contributed by atoms with Gasteiger partial charge in [-0.25, -0.2) is 4.57 Å². The maximum Gasteiger partial charge on any atom is 0.311 e. The molecule has 0 aliphatic rings. The predicted octanol–water partition coefficient (Wildman–Crippen LogP) is -2.34. The highest BCUT2D eigenvalue weighted by molar-refractivity contribution is 7.44. The zero-order valence-corrected chi connectivity index (χ0v) is 16.3. The van der Waals surface area contributed by atoms with E-state index < -0.39 is 7.82 Å². The van der Waals surface area contributed by atoms with Crippen LogP contribution in [0.15, 0.2) is 11.1 Å². The number of imidazole rings is 1. The van der Waals surface area contributed by atoms with Crippen LogP contribution in [0.25, 0.3) is 11.2 Å². The largest absolute Gasteiger partial charge is 0.756 e. The molecule has 2 aromatic heterocycles. The lowest BCUT2D eigenvalue weighted by atomic mass is 10.5. The summed E-state index contributed by atoms with van der Waals surface area (Å²) in [5.74, 6) is 0.0546. The molecule has 158 valence electrons. The van der Waals surface area contributed by atoms with Gasteiger partial charge in [0.15, 0.2) is 6.33 Å². The number of phosphoric acid groups is 1. The van der Waals surface area contributed by atoms with Gasteiger partial charge in [-0.1, -0.05) is 4.98 Å². The van der Waals surface area contributed by atoms with Gasteiger partial charge in [0.1, 0.15) is 0 Å². The minimum Gasteiger partial charge on any atom is -0.756 e.